The number of pyridine rings is 1. The molecule has 0 aliphatic carbocycles. The lowest BCUT2D eigenvalue weighted by Gasteiger charge is -2.38. The van der Waals surface area contributed by atoms with E-state index < -0.39 is 35.9 Å². The summed E-state index contributed by atoms with van der Waals surface area (Å²) in [7, 11) is 0. The Labute approximate surface area is 160 Å². The number of rotatable bonds is 5. The van der Waals surface area contributed by atoms with Gasteiger partial charge in [0.1, 0.15) is 5.82 Å². The maximum absolute atomic E-state index is 13.9. The zero-order chi connectivity index (χ0) is 20.7. The molecular formula is C21H21F4N2O. The third kappa shape index (κ3) is 3.90. The summed E-state index contributed by atoms with van der Waals surface area (Å²) >= 11 is 0. The molecule has 0 amide bonds. The number of nitrogens with zero attached hydrogens (tertiary/aromatic N) is 1. The number of alkyl halides is 3. The van der Waals surface area contributed by atoms with Crippen LogP contribution in [-0.2, 0) is 11.8 Å². The monoisotopic (exact) mass is 393 g/mol. The highest BCUT2D eigenvalue weighted by molar-refractivity contribution is 5.79. The van der Waals surface area contributed by atoms with Crippen LogP contribution < -0.4 is 0 Å². The van der Waals surface area contributed by atoms with Crippen molar-refractivity contribution in [1.82, 2.24) is 9.97 Å². The molecule has 3 aromatic rings. The largest absolute Gasteiger partial charge is 0.417 e. The zero-order valence-corrected chi connectivity index (χ0v) is 15.8. The summed E-state index contributed by atoms with van der Waals surface area (Å²) in [5.74, 6) is -0.524. The predicted octanol–water partition coefficient (Wildman–Crippen LogP) is 5.01. The van der Waals surface area contributed by atoms with Crippen LogP contribution in [0, 0.1) is 18.9 Å². The van der Waals surface area contributed by atoms with E-state index in [9.17, 15) is 22.7 Å². The lowest BCUT2D eigenvalue weighted by atomic mass is 9.72. The maximum Gasteiger partial charge on any atom is 0.417 e. The first-order valence-corrected chi connectivity index (χ1v) is 8.81. The van der Waals surface area contributed by atoms with E-state index in [2.05, 4.69) is 16.2 Å². The minimum Gasteiger partial charge on any atom is -0.380 e. The molecule has 1 unspecified atom stereocenters. The van der Waals surface area contributed by atoms with Gasteiger partial charge in [-0.3, -0.25) is 4.98 Å². The molecule has 2 aromatic heterocycles. The molecular weight excluding hydrogens is 372 g/mol. The van der Waals surface area contributed by atoms with Gasteiger partial charge in [0.05, 0.1) is 17.9 Å². The number of aryl methyl sites for hydroxylation is 1. The molecule has 0 fully saturated rings. The van der Waals surface area contributed by atoms with Crippen molar-refractivity contribution in [2.45, 2.75) is 50.8 Å². The molecule has 28 heavy (non-hydrogen) atoms. The molecule has 0 saturated carbocycles. The Bertz CT molecular complexity index is 960. The number of hydrogen-bond donors (Lipinski definition) is 2. The Kier molecular flexibility index (Phi) is 5.00. The SMILES string of the molecule is Cc1ccc(F)cc1C(C)(C)CC(O)(Cc1cc2c[c]ncc2[nH]1)C(F)(F)F. The highest BCUT2D eigenvalue weighted by Crippen LogP contribution is 2.43. The molecule has 7 heteroatoms. The Morgan fingerprint density at radius 2 is 1.89 bits per heavy atom. The minimum absolute atomic E-state index is 0.239. The second kappa shape index (κ2) is 6.88. The summed E-state index contributed by atoms with van der Waals surface area (Å²) in [6.45, 7) is 4.87. The molecule has 0 spiro atoms. The van der Waals surface area contributed by atoms with Gasteiger partial charge in [-0.1, -0.05) is 19.9 Å². The topological polar surface area (TPSA) is 48.9 Å². The van der Waals surface area contributed by atoms with Crippen LogP contribution in [0.5, 0.6) is 0 Å². The molecule has 3 rings (SSSR count). The molecule has 0 saturated heterocycles. The van der Waals surface area contributed by atoms with E-state index in [4.69, 9.17) is 0 Å². The number of aliphatic hydroxyl groups is 1. The molecule has 3 nitrogen and oxygen atoms in total. The molecule has 1 aromatic carbocycles. The number of halogens is 4. The van der Waals surface area contributed by atoms with E-state index in [1.165, 1.54) is 24.4 Å². The van der Waals surface area contributed by atoms with Gasteiger partial charge in [-0.25, -0.2) is 4.39 Å². The fourth-order valence-electron chi connectivity index (χ4n) is 3.80. The fourth-order valence-corrected chi connectivity index (χ4v) is 3.80. The third-order valence-electron chi connectivity index (χ3n) is 5.10. The minimum atomic E-state index is -4.87. The first kappa shape index (κ1) is 20.3. The first-order valence-electron chi connectivity index (χ1n) is 8.81. The van der Waals surface area contributed by atoms with Crippen molar-refractivity contribution < 1.29 is 22.7 Å². The van der Waals surface area contributed by atoms with Crippen LogP contribution in [0.4, 0.5) is 17.6 Å². The average molecular weight is 393 g/mol. The summed E-state index contributed by atoms with van der Waals surface area (Å²) in [4.78, 5) is 6.68. The Morgan fingerprint density at radius 3 is 2.54 bits per heavy atom. The maximum atomic E-state index is 13.9. The number of H-pyrrole nitrogens is 1. The van der Waals surface area contributed by atoms with Gasteiger partial charge >= 0.3 is 6.18 Å². The second-order valence-electron chi connectivity index (χ2n) is 7.92. The predicted molar refractivity (Wildman–Crippen MR) is 98.4 cm³/mol. The summed E-state index contributed by atoms with van der Waals surface area (Å²) in [6, 6.07) is 7.13. The van der Waals surface area contributed by atoms with Crippen molar-refractivity contribution in [2.75, 3.05) is 0 Å². The summed E-state index contributed by atoms with van der Waals surface area (Å²) < 4.78 is 55.5. The van der Waals surface area contributed by atoms with Crippen molar-refractivity contribution >= 4 is 10.9 Å². The summed E-state index contributed by atoms with van der Waals surface area (Å²) in [5, 5.41) is 11.4. The highest BCUT2D eigenvalue weighted by atomic mass is 19.4. The van der Waals surface area contributed by atoms with Gasteiger partial charge in [-0.15, -0.1) is 0 Å². The number of aromatic amines is 1. The normalized spacial score (nSPS) is 15.0. The van der Waals surface area contributed by atoms with Crippen molar-refractivity contribution in [3.8, 4) is 0 Å². The van der Waals surface area contributed by atoms with Crippen LogP contribution in [0.1, 0.15) is 37.1 Å². The van der Waals surface area contributed by atoms with E-state index in [0.717, 1.165) is 0 Å². The van der Waals surface area contributed by atoms with Crippen LogP contribution in [0.3, 0.4) is 0 Å². The molecule has 1 atom stereocenters. The van der Waals surface area contributed by atoms with E-state index in [-0.39, 0.29) is 5.69 Å². The molecule has 2 heterocycles. The lowest BCUT2D eigenvalue weighted by molar-refractivity contribution is -0.266. The van der Waals surface area contributed by atoms with Crippen LogP contribution in [0.2, 0.25) is 0 Å². The number of aromatic nitrogens is 2. The van der Waals surface area contributed by atoms with Crippen LogP contribution in [-0.4, -0.2) is 26.9 Å². The molecule has 0 bridgehead atoms. The fraction of sp³-hybridized carbons (Fsp3) is 0.381. The van der Waals surface area contributed by atoms with E-state index in [0.29, 0.717) is 22.0 Å². The van der Waals surface area contributed by atoms with Crippen LogP contribution in [0.15, 0.2) is 36.5 Å². The molecule has 149 valence electrons. The van der Waals surface area contributed by atoms with Crippen molar-refractivity contribution in [2.24, 2.45) is 0 Å². The number of fused-ring (bicyclic) bond motifs is 1. The molecule has 1 radical (unpaired) electrons. The number of benzene rings is 1. The smallest absolute Gasteiger partial charge is 0.380 e. The van der Waals surface area contributed by atoms with Gasteiger partial charge in [0.15, 0.2) is 5.60 Å². The molecule has 2 N–H and O–H groups in total. The van der Waals surface area contributed by atoms with E-state index in [1.54, 1.807) is 32.9 Å². The first-order chi connectivity index (χ1) is 12.9. The van der Waals surface area contributed by atoms with Gasteiger partial charge in [0.2, 0.25) is 0 Å². The van der Waals surface area contributed by atoms with Gasteiger partial charge < -0.3 is 10.1 Å². The van der Waals surface area contributed by atoms with E-state index >= 15 is 0 Å². The van der Waals surface area contributed by atoms with E-state index in [1.807, 2.05) is 0 Å². The Hall–Kier alpha value is -2.41. The van der Waals surface area contributed by atoms with Crippen molar-refractivity contribution in [1.29, 1.82) is 0 Å². The zero-order valence-electron chi connectivity index (χ0n) is 15.8. The lowest BCUT2D eigenvalue weighted by Crippen LogP contribution is -2.51. The second-order valence-corrected chi connectivity index (χ2v) is 7.92. The van der Waals surface area contributed by atoms with Crippen LogP contribution >= 0.6 is 0 Å². The number of hydrogen-bond acceptors (Lipinski definition) is 2. The van der Waals surface area contributed by atoms with Gasteiger partial charge in [-0.05, 0) is 54.2 Å². The molecule has 0 aliphatic rings. The Balaban J connectivity index is 1.98. The quantitative estimate of drug-likeness (QED) is 0.599. The molecule has 0 aliphatic heterocycles. The highest BCUT2D eigenvalue weighted by Gasteiger charge is 2.56. The van der Waals surface area contributed by atoms with Gasteiger partial charge in [0.25, 0.3) is 0 Å². The van der Waals surface area contributed by atoms with Gasteiger partial charge in [0, 0.05) is 17.5 Å². The summed E-state index contributed by atoms with van der Waals surface area (Å²) in [6.07, 6.45) is -2.05. The van der Waals surface area contributed by atoms with Crippen LogP contribution in [0.25, 0.3) is 10.9 Å². The van der Waals surface area contributed by atoms with Gasteiger partial charge in [-0.2, -0.15) is 13.2 Å². The summed E-state index contributed by atoms with van der Waals surface area (Å²) in [5.41, 5.74) is -2.19. The number of nitrogens with one attached hydrogen (secondary N) is 1. The Morgan fingerprint density at radius 1 is 1.18 bits per heavy atom. The standard InChI is InChI=1S/C21H21F4N2O/c1-13-4-5-15(22)9-17(13)19(2,3)12-20(28,21(23,24)25)10-16-8-14-6-7-26-11-18(14)27-16/h4-6,8-9,11,27-28H,10,12H2,1-3H3. The third-order valence-corrected chi connectivity index (χ3v) is 5.10. The van der Waals surface area contributed by atoms with Crippen molar-refractivity contribution in [3.05, 3.63) is 65.4 Å². The average Bonchev–Trinajstić information content (AvgIpc) is 2.97. The van der Waals surface area contributed by atoms with Crippen molar-refractivity contribution in [3.63, 3.8) is 0 Å².